The largest absolute Gasteiger partial charge is 0.494 e. The average molecular weight is 282 g/mol. The van der Waals surface area contributed by atoms with Crippen LogP contribution in [0.1, 0.15) is 23.6 Å². The van der Waals surface area contributed by atoms with Gasteiger partial charge >= 0.3 is 5.97 Å². The summed E-state index contributed by atoms with van der Waals surface area (Å²) in [6.07, 6.45) is 1.67. The monoisotopic (exact) mass is 282 g/mol. The van der Waals surface area contributed by atoms with E-state index in [1.54, 1.807) is 12.1 Å². The predicted octanol–water partition coefficient (Wildman–Crippen LogP) is 4.02. The van der Waals surface area contributed by atoms with Gasteiger partial charge in [0.25, 0.3) is 0 Å². The van der Waals surface area contributed by atoms with Gasteiger partial charge in [-0.1, -0.05) is 42.0 Å². The quantitative estimate of drug-likeness (QED) is 0.665. The summed E-state index contributed by atoms with van der Waals surface area (Å²) in [5.74, 6) is -0.206. The first-order valence-corrected chi connectivity index (χ1v) is 6.85. The minimum Gasteiger partial charge on any atom is -0.494 e. The third kappa shape index (κ3) is 3.96. The summed E-state index contributed by atoms with van der Waals surface area (Å²) < 4.78 is 5.44. The van der Waals surface area contributed by atoms with Crippen LogP contribution in [0.4, 0.5) is 0 Å². The number of aryl methyl sites for hydroxylation is 1. The van der Waals surface area contributed by atoms with Crippen LogP contribution < -0.4 is 4.74 Å². The molecule has 2 aromatic carbocycles. The fraction of sp³-hybridized carbons (Fsp3) is 0.167. The molecule has 0 spiro atoms. The number of rotatable bonds is 5. The zero-order valence-electron chi connectivity index (χ0n) is 12.2. The first-order valence-electron chi connectivity index (χ1n) is 6.85. The SMILES string of the molecule is CCOc1cccc(/C=C(/C(=O)O)c2cccc(C)c2)c1. The average Bonchev–Trinajstić information content (AvgIpc) is 2.45. The molecule has 0 aliphatic carbocycles. The summed E-state index contributed by atoms with van der Waals surface area (Å²) >= 11 is 0. The molecule has 21 heavy (non-hydrogen) atoms. The van der Waals surface area contributed by atoms with Crippen LogP contribution >= 0.6 is 0 Å². The molecule has 0 unspecified atom stereocenters. The van der Waals surface area contributed by atoms with Crippen molar-refractivity contribution >= 4 is 17.6 Å². The van der Waals surface area contributed by atoms with E-state index in [4.69, 9.17) is 4.74 Å². The van der Waals surface area contributed by atoms with Crippen molar-refractivity contribution in [1.82, 2.24) is 0 Å². The fourth-order valence-electron chi connectivity index (χ4n) is 2.11. The number of aliphatic carboxylic acids is 1. The Balaban J connectivity index is 2.42. The molecule has 0 heterocycles. The van der Waals surface area contributed by atoms with Crippen molar-refractivity contribution < 1.29 is 14.6 Å². The molecule has 2 aromatic rings. The number of hydrogen-bond donors (Lipinski definition) is 1. The molecule has 0 aliphatic rings. The van der Waals surface area contributed by atoms with Gasteiger partial charge in [-0.25, -0.2) is 4.79 Å². The van der Waals surface area contributed by atoms with Gasteiger partial charge in [0.15, 0.2) is 0 Å². The van der Waals surface area contributed by atoms with Crippen LogP contribution in [0.3, 0.4) is 0 Å². The van der Waals surface area contributed by atoms with Crippen molar-refractivity contribution in [3.8, 4) is 5.75 Å². The molecular formula is C18H18O3. The van der Waals surface area contributed by atoms with Crippen molar-refractivity contribution in [2.24, 2.45) is 0 Å². The molecule has 0 aromatic heterocycles. The maximum absolute atomic E-state index is 11.5. The van der Waals surface area contributed by atoms with E-state index in [-0.39, 0.29) is 5.57 Å². The van der Waals surface area contributed by atoms with E-state index in [2.05, 4.69) is 0 Å². The molecular weight excluding hydrogens is 264 g/mol. The summed E-state index contributed by atoms with van der Waals surface area (Å²) in [4.78, 5) is 11.5. The number of benzene rings is 2. The fourth-order valence-corrected chi connectivity index (χ4v) is 2.11. The molecule has 0 fully saturated rings. The lowest BCUT2D eigenvalue weighted by Crippen LogP contribution is -2.00. The lowest BCUT2D eigenvalue weighted by molar-refractivity contribution is -0.130. The molecule has 1 N–H and O–H groups in total. The summed E-state index contributed by atoms with van der Waals surface area (Å²) in [6.45, 7) is 4.44. The standard InChI is InChI=1S/C18H18O3/c1-3-21-16-9-5-7-14(11-16)12-17(18(19)20)15-8-4-6-13(2)10-15/h4-12H,3H2,1-2H3,(H,19,20)/b17-12+. The summed E-state index contributed by atoms with van der Waals surface area (Å²) in [6, 6.07) is 14.9. The highest BCUT2D eigenvalue weighted by molar-refractivity contribution is 6.20. The normalized spacial score (nSPS) is 11.2. The van der Waals surface area contributed by atoms with E-state index in [1.807, 2.05) is 56.3 Å². The smallest absolute Gasteiger partial charge is 0.336 e. The van der Waals surface area contributed by atoms with Gasteiger partial charge in [0, 0.05) is 0 Å². The molecule has 0 saturated carbocycles. The van der Waals surface area contributed by atoms with E-state index >= 15 is 0 Å². The Morgan fingerprint density at radius 1 is 1.19 bits per heavy atom. The summed E-state index contributed by atoms with van der Waals surface area (Å²) in [5.41, 5.74) is 2.80. The first kappa shape index (κ1) is 14.9. The van der Waals surface area contributed by atoms with Crippen LogP contribution in [0.15, 0.2) is 48.5 Å². The maximum atomic E-state index is 11.5. The zero-order valence-corrected chi connectivity index (χ0v) is 12.2. The molecule has 0 radical (unpaired) electrons. The maximum Gasteiger partial charge on any atom is 0.336 e. The summed E-state index contributed by atoms with van der Waals surface area (Å²) in [5, 5.41) is 9.45. The molecule has 3 nitrogen and oxygen atoms in total. The van der Waals surface area contributed by atoms with E-state index < -0.39 is 5.97 Å². The third-order valence-corrected chi connectivity index (χ3v) is 3.04. The molecule has 108 valence electrons. The Bertz CT molecular complexity index is 672. The zero-order chi connectivity index (χ0) is 15.2. The van der Waals surface area contributed by atoms with Gasteiger partial charge in [-0.15, -0.1) is 0 Å². The van der Waals surface area contributed by atoms with E-state index in [0.29, 0.717) is 12.2 Å². The molecule has 0 atom stereocenters. The van der Waals surface area contributed by atoms with Crippen LogP contribution in [-0.2, 0) is 4.79 Å². The first-order chi connectivity index (χ1) is 10.1. The number of ether oxygens (including phenoxy) is 1. The Hall–Kier alpha value is -2.55. The van der Waals surface area contributed by atoms with Gasteiger partial charge in [0.05, 0.1) is 12.2 Å². The van der Waals surface area contributed by atoms with E-state index in [1.165, 1.54) is 0 Å². The van der Waals surface area contributed by atoms with Gasteiger partial charge < -0.3 is 9.84 Å². The van der Waals surface area contributed by atoms with Crippen molar-refractivity contribution in [2.75, 3.05) is 6.61 Å². The van der Waals surface area contributed by atoms with E-state index in [0.717, 1.165) is 16.9 Å². The minimum absolute atomic E-state index is 0.271. The highest BCUT2D eigenvalue weighted by atomic mass is 16.5. The number of carboxylic acid groups (broad SMARTS) is 1. The number of hydrogen-bond acceptors (Lipinski definition) is 2. The number of carboxylic acids is 1. The highest BCUT2D eigenvalue weighted by Crippen LogP contribution is 2.22. The third-order valence-electron chi connectivity index (χ3n) is 3.04. The Morgan fingerprint density at radius 2 is 1.95 bits per heavy atom. The Morgan fingerprint density at radius 3 is 2.62 bits per heavy atom. The predicted molar refractivity (Wildman–Crippen MR) is 84.3 cm³/mol. The van der Waals surface area contributed by atoms with Gasteiger partial charge in [-0.05, 0) is 43.2 Å². The summed E-state index contributed by atoms with van der Waals surface area (Å²) in [7, 11) is 0. The van der Waals surface area contributed by atoms with Crippen LogP contribution in [0.5, 0.6) is 5.75 Å². The van der Waals surface area contributed by atoms with E-state index in [9.17, 15) is 9.90 Å². The second-order valence-electron chi connectivity index (χ2n) is 4.74. The Kier molecular flexibility index (Phi) is 4.77. The van der Waals surface area contributed by atoms with Crippen LogP contribution in [0, 0.1) is 6.92 Å². The van der Waals surface area contributed by atoms with Gasteiger partial charge in [0.1, 0.15) is 5.75 Å². The van der Waals surface area contributed by atoms with Crippen molar-refractivity contribution in [1.29, 1.82) is 0 Å². The molecule has 0 saturated heterocycles. The molecule has 0 aliphatic heterocycles. The lowest BCUT2D eigenvalue weighted by atomic mass is 10.0. The van der Waals surface area contributed by atoms with Crippen molar-refractivity contribution in [3.05, 3.63) is 65.2 Å². The van der Waals surface area contributed by atoms with Gasteiger partial charge in [-0.3, -0.25) is 0 Å². The molecule has 3 heteroatoms. The molecule has 0 bridgehead atoms. The van der Waals surface area contributed by atoms with Gasteiger partial charge in [0.2, 0.25) is 0 Å². The van der Waals surface area contributed by atoms with Crippen LogP contribution in [-0.4, -0.2) is 17.7 Å². The minimum atomic E-state index is -0.942. The van der Waals surface area contributed by atoms with Gasteiger partial charge in [-0.2, -0.15) is 0 Å². The molecule has 2 rings (SSSR count). The van der Waals surface area contributed by atoms with Crippen LogP contribution in [0.2, 0.25) is 0 Å². The highest BCUT2D eigenvalue weighted by Gasteiger charge is 2.10. The molecule has 0 amide bonds. The van der Waals surface area contributed by atoms with Crippen LogP contribution in [0.25, 0.3) is 11.6 Å². The topological polar surface area (TPSA) is 46.5 Å². The number of carbonyl (C=O) groups is 1. The Labute approximate surface area is 124 Å². The second kappa shape index (κ2) is 6.75. The second-order valence-corrected chi connectivity index (χ2v) is 4.74. The lowest BCUT2D eigenvalue weighted by Gasteiger charge is -2.06. The van der Waals surface area contributed by atoms with Crippen molar-refractivity contribution in [3.63, 3.8) is 0 Å². The van der Waals surface area contributed by atoms with Crippen molar-refractivity contribution in [2.45, 2.75) is 13.8 Å².